The van der Waals surface area contributed by atoms with E-state index in [9.17, 15) is 26.3 Å². The van der Waals surface area contributed by atoms with E-state index in [2.05, 4.69) is 9.83 Å². The van der Waals surface area contributed by atoms with Gasteiger partial charge in [-0.3, -0.25) is 0 Å². The summed E-state index contributed by atoms with van der Waals surface area (Å²) >= 11 is 0. The molecule has 0 amide bonds. The van der Waals surface area contributed by atoms with Crippen LogP contribution in [0.3, 0.4) is 0 Å². The van der Waals surface area contributed by atoms with E-state index in [0.717, 1.165) is 25.1 Å². The van der Waals surface area contributed by atoms with Gasteiger partial charge in [0.25, 0.3) is 5.92 Å². The zero-order valence-corrected chi connectivity index (χ0v) is 13.2. The molecule has 2 aromatic rings. The van der Waals surface area contributed by atoms with Crippen molar-refractivity contribution in [3.8, 4) is 11.5 Å². The Hall–Kier alpha value is -2.76. The Kier molecular flexibility index (Phi) is 4.09. The van der Waals surface area contributed by atoms with Gasteiger partial charge in [0.15, 0.2) is 5.69 Å². The fourth-order valence-electron chi connectivity index (χ4n) is 2.91. The molecule has 1 aromatic carbocycles. The predicted octanol–water partition coefficient (Wildman–Crippen LogP) is 5.88. The highest BCUT2D eigenvalue weighted by atomic mass is 19.4. The van der Waals surface area contributed by atoms with Crippen LogP contribution in [0, 0.1) is 12.4 Å². The van der Waals surface area contributed by atoms with Crippen LogP contribution in [-0.4, -0.2) is 10.9 Å². The van der Waals surface area contributed by atoms with Crippen molar-refractivity contribution in [1.29, 1.82) is 0 Å². The fraction of sp³-hybridized carbons (Fsp3) is 0.294. The smallest absolute Gasteiger partial charge is 0.433 e. The predicted molar refractivity (Wildman–Crippen MR) is 79.0 cm³/mol. The molecule has 0 spiro atoms. The van der Waals surface area contributed by atoms with Crippen molar-refractivity contribution in [2.75, 3.05) is 0 Å². The number of fused-ring (bicyclic) bond motifs is 1. The van der Waals surface area contributed by atoms with Gasteiger partial charge in [0.1, 0.15) is 23.0 Å². The summed E-state index contributed by atoms with van der Waals surface area (Å²) in [5.41, 5.74) is -2.43. The Bertz CT molecular complexity index is 917. The van der Waals surface area contributed by atoms with Gasteiger partial charge in [0.2, 0.25) is 0 Å². The number of alkyl halides is 5. The Morgan fingerprint density at radius 1 is 1.27 bits per heavy atom. The quantitative estimate of drug-likeness (QED) is 0.486. The van der Waals surface area contributed by atoms with Gasteiger partial charge in [-0.1, -0.05) is 6.92 Å². The molecule has 1 heterocycles. The number of rotatable bonds is 2. The minimum absolute atomic E-state index is 0.102. The molecule has 1 aliphatic carbocycles. The summed E-state index contributed by atoms with van der Waals surface area (Å²) in [4.78, 5) is 6.29. The van der Waals surface area contributed by atoms with Crippen molar-refractivity contribution in [1.82, 2.24) is 4.98 Å². The van der Waals surface area contributed by atoms with Gasteiger partial charge < -0.3 is 4.74 Å². The number of hydrogen-bond donors (Lipinski definition) is 0. The third-order valence-electron chi connectivity index (χ3n) is 4.15. The molecule has 136 valence electrons. The van der Waals surface area contributed by atoms with Crippen molar-refractivity contribution in [2.45, 2.75) is 31.4 Å². The topological polar surface area (TPSA) is 26.5 Å². The maximum Gasteiger partial charge on any atom is 0.433 e. The van der Waals surface area contributed by atoms with E-state index in [1.54, 1.807) is 0 Å². The number of halogens is 6. The number of pyridine rings is 1. The van der Waals surface area contributed by atoms with Crippen LogP contribution in [0.2, 0.25) is 0 Å². The molecule has 1 atom stereocenters. The van der Waals surface area contributed by atoms with E-state index in [4.69, 9.17) is 11.3 Å². The van der Waals surface area contributed by atoms with Gasteiger partial charge in [-0.25, -0.2) is 23.0 Å². The lowest BCUT2D eigenvalue weighted by Gasteiger charge is -2.18. The Labute approximate surface area is 144 Å². The summed E-state index contributed by atoms with van der Waals surface area (Å²) in [7, 11) is 0. The van der Waals surface area contributed by atoms with Crippen LogP contribution in [-0.2, 0) is 12.6 Å². The first-order valence-electron chi connectivity index (χ1n) is 7.35. The summed E-state index contributed by atoms with van der Waals surface area (Å²) in [6.45, 7) is 7.87. The summed E-state index contributed by atoms with van der Waals surface area (Å²) in [6, 6.07) is 2.98. The molecule has 3 nitrogen and oxygen atoms in total. The number of benzene rings is 1. The first kappa shape index (κ1) is 18.0. The molecule has 0 N–H and O–H groups in total. The first-order valence-corrected chi connectivity index (χ1v) is 7.35. The largest absolute Gasteiger partial charge is 0.457 e. The van der Waals surface area contributed by atoms with Gasteiger partial charge in [-0.05, 0) is 17.7 Å². The molecule has 3 rings (SSSR count). The van der Waals surface area contributed by atoms with E-state index >= 15 is 0 Å². The Balaban J connectivity index is 2.12. The van der Waals surface area contributed by atoms with E-state index < -0.39 is 41.5 Å². The third kappa shape index (κ3) is 3.07. The molecule has 9 heteroatoms. The van der Waals surface area contributed by atoms with Crippen molar-refractivity contribution >= 4 is 5.69 Å². The third-order valence-corrected chi connectivity index (χ3v) is 4.15. The maximum atomic E-state index is 14.0. The Morgan fingerprint density at radius 3 is 2.58 bits per heavy atom. The monoisotopic (exact) mass is 372 g/mol. The number of nitrogens with zero attached hydrogens (tertiary/aromatic N) is 2. The zero-order valence-electron chi connectivity index (χ0n) is 13.2. The molecule has 1 aliphatic rings. The normalized spacial score (nSPS) is 18.3. The lowest BCUT2D eigenvalue weighted by molar-refractivity contribution is -0.142. The average molecular weight is 372 g/mol. The van der Waals surface area contributed by atoms with Crippen molar-refractivity contribution < 1.29 is 31.1 Å². The van der Waals surface area contributed by atoms with E-state index in [1.165, 1.54) is 0 Å². The molecule has 0 saturated carbocycles. The van der Waals surface area contributed by atoms with Gasteiger partial charge in [0.05, 0.1) is 12.8 Å². The minimum Gasteiger partial charge on any atom is -0.457 e. The van der Waals surface area contributed by atoms with Crippen molar-refractivity contribution in [2.24, 2.45) is 0 Å². The van der Waals surface area contributed by atoms with Crippen LogP contribution in [0.4, 0.5) is 32.0 Å². The summed E-state index contributed by atoms with van der Waals surface area (Å²) < 4.78 is 86.3. The molecule has 26 heavy (non-hydrogen) atoms. The SMILES string of the molecule is [C-]#[N+]c1cc(F)cc(Oc2cnc(C(F)(F)F)c3c2CC(F)(F)[C@H]3C)c1. The lowest BCUT2D eigenvalue weighted by atomic mass is 9.99. The first-order chi connectivity index (χ1) is 12.0. The zero-order chi connectivity index (χ0) is 19.3. The second-order valence-electron chi connectivity index (χ2n) is 5.88. The molecule has 0 saturated heterocycles. The molecule has 0 bridgehead atoms. The second kappa shape index (κ2) is 5.90. The fourth-order valence-corrected chi connectivity index (χ4v) is 2.91. The van der Waals surface area contributed by atoms with Crippen LogP contribution >= 0.6 is 0 Å². The van der Waals surface area contributed by atoms with Crippen LogP contribution in [0.25, 0.3) is 4.85 Å². The number of ether oxygens (including phenoxy) is 1. The highest BCUT2D eigenvalue weighted by Gasteiger charge is 2.51. The van der Waals surface area contributed by atoms with Gasteiger partial charge >= 0.3 is 6.18 Å². The van der Waals surface area contributed by atoms with E-state index in [0.29, 0.717) is 6.20 Å². The molecular weight excluding hydrogens is 362 g/mol. The molecular formula is C17H10F6N2O. The second-order valence-corrected chi connectivity index (χ2v) is 5.88. The van der Waals surface area contributed by atoms with Gasteiger partial charge in [-0.15, -0.1) is 0 Å². The van der Waals surface area contributed by atoms with Crippen LogP contribution in [0.5, 0.6) is 11.5 Å². The van der Waals surface area contributed by atoms with Crippen molar-refractivity contribution in [3.63, 3.8) is 0 Å². The van der Waals surface area contributed by atoms with Crippen molar-refractivity contribution in [3.05, 3.63) is 58.5 Å². The van der Waals surface area contributed by atoms with Gasteiger partial charge in [-0.2, -0.15) is 13.2 Å². The minimum atomic E-state index is -4.90. The van der Waals surface area contributed by atoms with Crippen LogP contribution < -0.4 is 4.74 Å². The standard InChI is InChI=1S/C17H10F6N2O/c1-8-14-12(6-16(8,19)20)13(7-25-15(14)17(21,22)23)26-11-4-9(18)3-10(5-11)24-2/h3-5,7-8H,6H2,1H3/t8-/m0/s1. The molecule has 0 radical (unpaired) electrons. The average Bonchev–Trinajstić information content (AvgIpc) is 2.77. The van der Waals surface area contributed by atoms with E-state index in [1.807, 2.05) is 0 Å². The summed E-state index contributed by atoms with van der Waals surface area (Å²) in [6.07, 6.45) is -5.15. The molecule has 1 aromatic heterocycles. The Morgan fingerprint density at radius 2 is 1.96 bits per heavy atom. The maximum absolute atomic E-state index is 14.0. The summed E-state index contributed by atoms with van der Waals surface area (Å²) in [5, 5.41) is 0. The highest BCUT2D eigenvalue weighted by Crippen LogP contribution is 2.51. The molecule has 0 unspecified atom stereocenters. The highest BCUT2D eigenvalue weighted by molar-refractivity contribution is 5.53. The number of hydrogen-bond acceptors (Lipinski definition) is 2. The summed E-state index contributed by atoms with van der Waals surface area (Å²) in [5.74, 6) is -6.41. The van der Waals surface area contributed by atoms with E-state index in [-0.39, 0.29) is 22.7 Å². The van der Waals surface area contributed by atoms with Crippen LogP contribution in [0.1, 0.15) is 29.7 Å². The number of aromatic nitrogens is 1. The van der Waals surface area contributed by atoms with Crippen LogP contribution in [0.15, 0.2) is 24.4 Å². The molecule has 0 aliphatic heterocycles. The molecule has 0 fully saturated rings. The lowest BCUT2D eigenvalue weighted by Crippen LogP contribution is -2.21. The van der Waals surface area contributed by atoms with Gasteiger partial charge in [0, 0.05) is 24.0 Å².